The molecule has 0 heterocycles. The molecule has 0 saturated carbocycles. The minimum absolute atomic E-state index is 0.398. The molecule has 0 fully saturated rings. The topological polar surface area (TPSA) is 20.2 Å². The van der Waals surface area contributed by atoms with Gasteiger partial charge in [0.15, 0.2) is 0 Å². The highest BCUT2D eigenvalue weighted by molar-refractivity contribution is 5.37. The van der Waals surface area contributed by atoms with E-state index in [1.807, 2.05) is 30.3 Å². The van der Waals surface area contributed by atoms with Crippen LogP contribution in [-0.2, 0) is 19.3 Å². The molecule has 0 unspecified atom stereocenters. The summed E-state index contributed by atoms with van der Waals surface area (Å²) in [5.74, 6) is 1.14. The zero-order valence-corrected chi connectivity index (χ0v) is 14.9. The van der Waals surface area contributed by atoms with Crippen molar-refractivity contribution in [3.63, 3.8) is 0 Å². The molecule has 1 nitrogen and oxygen atoms in total. The molecule has 1 heteroatoms. The smallest absolute Gasteiger partial charge is 0.115 e. The van der Waals surface area contributed by atoms with Gasteiger partial charge in [-0.05, 0) is 67.3 Å². The van der Waals surface area contributed by atoms with Crippen LogP contribution < -0.4 is 0 Å². The first-order chi connectivity index (χ1) is 12.2. The third-order valence-corrected chi connectivity index (χ3v) is 4.83. The Hall–Kier alpha value is -2.54. The lowest BCUT2D eigenvalue weighted by Crippen LogP contribution is -2.16. The van der Waals surface area contributed by atoms with Gasteiger partial charge in [-0.1, -0.05) is 72.3 Å². The fourth-order valence-corrected chi connectivity index (χ4v) is 3.47. The van der Waals surface area contributed by atoms with Crippen LogP contribution in [0.5, 0.6) is 5.75 Å². The van der Waals surface area contributed by atoms with Crippen molar-refractivity contribution in [1.29, 1.82) is 0 Å². The second kappa shape index (κ2) is 8.53. The summed E-state index contributed by atoms with van der Waals surface area (Å²) in [5.41, 5.74) is 5.51. The van der Waals surface area contributed by atoms with E-state index in [-0.39, 0.29) is 0 Å². The molecule has 3 aromatic carbocycles. The van der Waals surface area contributed by atoms with Crippen molar-refractivity contribution in [3.05, 3.63) is 101 Å². The number of phenolic OH excluding ortho intramolecular Hbond substituents is 1. The van der Waals surface area contributed by atoms with Crippen LogP contribution in [0.4, 0.5) is 0 Å². The molecule has 3 aromatic rings. The summed E-state index contributed by atoms with van der Waals surface area (Å²) in [7, 11) is 0. The van der Waals surface area contributed by atoms with E-state index < -0.39 is 0 Å². The predicted molar refractivity (Wildman–Crippen MR) is 105 cm³/mol. The molecule has 25 heavy (non-hydrogen) atoms. The van der Waals surface area contributed by atoms with Gasteiger partial charge in [0.2, 0.25) is 0 Å². The molecular weight excluding hydrogens is 304 g/mol. The van der Waals surface area contributed by atoms with Gasteiger partial charge in [0.05, 0.1) is 0 Å². The van der Waals surface area contributed by atoms with Crippen molar-refractivity contribution < 1.29 is 5.11 Å². The van der Waals surface area contributed by atoms with Crippen LogP contribution in [0.15, 0.2) is 78.9 Å². The number of benzene rings is 3. The largest absolute Gasteiger partial charge is 0.508 e. The quantitative estimate of drug-likeness (QED) is 0.636. The number of phenols is 1. The van der Waals surface area contributed by atoms with Gasteiger partial charge in [-0.2, -0.15) is 0 Å². The van der Waals surface area contributed by atoms with Crippen LogP contribution >= 0.6 is 0 Å². The van der Waals surface area contributed by atoms with E-state index in [4.69, 9.17) is 0 Å². The van der Waals surface area contributed by atoms with Gasteiger partial charge in [0.25, 0.3) is 0 Å². The Balaban J connectivity index is 0.000000219. The monoisotopic (exact) mass is 330 g/mol. The average Bonchev–Trinajstić information content (AvgIpc) is 2.64. The normalized spacial score (nSPS) is 15.6. The summed E-state index contributed by atoms with van der Waals surface area (Å²) in [4.78, 5) is 0. The van der Waals surface area contributed by atoms with E-state index in [2.05, 4.69) is 55.5 Å². The van der Waals surface area contributed by atoms with Gasteiger partial charge in [-0.3, -0.25) is 0 Å². The second-order valence-corrected chi connectivity index (χ2v) is 6.91. The van der Waals surface area contributed by atoms with Crippen LogP contribution in [0.25, 0.3) is 0 Å². The Kier molecular flexibility index (Phi) is 5.90. The maximum absolute atomic E-state index is 9.49. The summed E-state index contributed by atoms with van der Waals surface area (Å²) in [6.07, 6.45) is 4.64. The van der Waals surface area contributed by atoms with Crippen molar-refractivity contribution in [2.45, 2.75) is 32.6 Å². The molecule has 0 aliphatic heterocycles. The summed E-state index contributed by atoms with van der Waals surface area (Å²) in [6.45, 7) is 2.08. The van der Waals surface area contributed by atoms with Gasteiger partial charge in [-0.25, -0.2) is 0 Å². The summed E-state index contributed by atoms with van der Waals surface area (Å²) in [5, 5.41) is 9.49. The number of aryl methyl sites for hydroxylation is 2. The highest BCUT2D eigenvalue weighted by Crippen LogP contribution is 2.30. The first-order valence-electron chi connectivity index (χ1n) is 9.07. The molecule has 0 aromatic heterocycles. The van der Waals surface area contributed by atoms with Crippen LogP contribution in [0, 0.1) is 12.8 Å². The lowest BCUT2D eigenvalue weighted by Gasteiger charge is -2.24. The molecule has 128 valence electrons. The average molecular weight is 330 g/mol. The molecule has 1 aliphatic rings. The van der Waals surface area contributed by atoms with Crippen molar-refractivity contribution in [1.82, 2.24) is 0 Å². The van der Waals surface area contributed by atoms with Gasteiger partial charge in [-0.15, -0.1) is 0 Å². The van der Waals surface area contributed by atoms with Crippen LogP contribution in [0.1, 0.15) is 28.7 Å². The van der Waals surface area contributed by atoms with Gasteiger partial charge in [0, 0.05) is 0 Å². The molecule has 0 saturated heterocycles. The third kappa shape index (κ3) is 5.22. The van der Waals surface area contributed by atoms with Crippen LogP contribution in [-0.4, -0.2) is 5.11 Å². The molecule has 4 rings (SSSR count). The van der Waals surface area contributed by atoms with E-state index in [0.717, 1.165) is 18.8 Å². The van der Waals surface area contributed by atoms with Crippen molar-refractivity contribution in [2.75, 3.05) is 0 Å². The Morgan fingerprint density at radius 1 is 0.840 bits per heavy atom. The Morgan fingerprint density at radius 3 is 2.16 bits per heavy atom. The summed E-state index contributed by atoms with van der Waals surface area (Å²) in [6, 6.07) is 26.8. The van der Waals surface area contributed by atoms with Crippen molar-refractivity contribution in [3.8, 4) is 5.75 Å². The minimum Gasteiger partial charge on any atom is -0.508 e. The van der Waals surface area contributed by atoms with E-state index in [9.17, 15) is 5.11 Å². The lowest BCUT2D eigenvalue weighted by molar-refractivity contribution is 0.447. The van der Waals surface area contributed by atoms with E-state index in [0.29, 0.717) is 5.75 Å². The number of hydrogen-bond acceptors (Lipinski definition) is 1. The van der Waals surface area contributed by atoms with E-state index >= 15 is 0 Å². The van der Waals surface area contributed by atoms with Crippen molar-refractivity contribution in [2.24, 2.45) is 5.92 Å². The molecular formula is C24H26O. The fourth-order valence-electron chi connectivity index (χ4n) is 3.47. The second-order valence-electron chi connectivity index (χ2n) is 6.91. The first-order valence-corrected chi connectivity index (χ1v) is 9.07. The molecule has 1 aliphatic carbocycles. The molecule has 0 amide bonds. The highest BCUT2D eigenvalue weighted by Gasteiger charge is 2.19. The SMILES string of the molecule is Cc1ccccc1.Oc1ccc2c(c1)CC[C@H](Cc1ccccc1)C2. The number of fused-ring (bicyclic) bond motifs is 1. The molecule has 1 atom stereocenters. The number of aromatic hydroxyl groups is 1. The van der Waals surface area contributed by atoms with E-state index in [1.165, 1.54) is 35.1 Å². The number of hydrogen-bond donors (Lipinski definition) is 1. The zero-order chi connectivity index (χ0) is 17.5. The standard InChI is InChI=1S/C17H18O.C7H8/c18-17-9-8-15-11-14(6-7-16(15)12-17)10-13-4-2-1-3-5-13;1-7-5-3-2-4-6-7/h1-5,8-9,12,14,18H,6-7,10-11H2;2-6H,1H3/t14-;/m1./s1. The lowest BCUT2D eigenvalue weighted by atomic mass is 9.81. The molecule has 0 spiro atoms. The minimum atomic E-state index is 0.398. The van der Waals surface area contributed by atoms with Crippen LogP contribution in [0.3, 0.4) is 0 Å². The van der Waals surface area contributed by atoms with Gasteiger partial charge >= 0.3 is 0 Å². The maximum Gasteiger partial charge on any atom is 0.115 e. The third-order valence-electron chi connectivity index (χ3n) is 4.83. The highest BCUT2D eigenvalue weighted by atomic mass is 16.3. The fraction of sp³-hybridized carbons (Fsp3) is 0.250. The zero-order valence-electron chi connectivity index (χ0n) is 14.9. The Morgan fingerprint density at radius 2 is 1.52 bits per heavy atom. The molecule has 0 radical (unpaired) electrons. The summed E-state index contributed by atoms with van der Waals surface area (Å²) >= 11 is 0. The summed E-state index contributed by atoms with van der Waals surface area (Å²) < 4.78 is 0. The Labute approximate surface area is 151 Å². The first kappa shape index (κ1) is 17.3. The maximum atomic E-state index is 9.49. The van der Waals surface area contributed by atoms with Gasteiger partial charge in [0.1, 0.15) is 5.75 Å². The van der Waals surface area contributed by atoms with Gasteiger partial charge < -0.3 is 5.11 Å². The Bertz CT molecular complexity index is 778. The van der Waals surface area contributed by atoms with E-state index in [1.54, 1.807) is 0 Å². The number of rotatable bonds is 2. The molecule has 0 bridgehead atoms. The van der Waals surface area contributed by atoms with Crippen molar-refractivity contribution >= 4 is 0 Å². The predicted octanol–water partition coefficient (Wildman–Crippen LogP) is 5.73. The van der Waals surface area contributed by atoms with Crippen LogP contribution in [0.2, 0.25) is 0 Å². The molecule has 1 N–H and O–H groups in total.